The molecule has 16 heavy (non-hydrogen) atoms. The van der Waals surface area contributed by atoms with Gasteiger partial charge in [0.1, 0.15) is 6.04 Å². The van der Waals surface area contributed by atoms with Crippen LogP contribution in [0.2, 0.25) is 0 Å². The Morgan fingerprint density at radius 2 is 2.31 bits per heavy atom. The number of carbonyl (C=O) groups is 1. The van der Waals surface area contributed by atoms with E-state index in [0.29, 0.717) is 0 Å². The zero-order valence-electron chi connectivity index (χ0n) is 8.89. The fraction of sp³-hybridized carbons (Fsp3) is 0.455. The van der Waals surface area contributed by atoms with E-state index in [1.165, 1.54) is 0 Å². The zero-order valence-corrected chi connectivity index (χ0v) is 8.89. The summed E-state index contributed by atoms with van der Waals surface area (Å²) in [5.41, 5.74) is 0.745. The molecule has 2 unspecified atom stereocenters. The van der Waals surface area contributed by atoms with Gasteiger partial charge in [-0.05, 0) is 30.7 Å². The van der Waals surface area contributed by atoms with Crippen LogP contribution >= 0.6 is 0 Å². The Labute approximate surface area is 93.9 Å². The maximum atomic E-state index is 11.2. The molecule has 1 fully saturated rings. The third-order valence-electron chi connectivity index (χ3n) is 2.75. The summed E-state index contributed by atoms with van der Waals surface area (Å²) in [4.78, 5) is 15.1. The van der Waals surface area contributed by atoms with Crippen LogP contribution in [0.15, 0.2) is 24.5 Å². The van der Waals surface area contributed by atoms with Gasteiger partial charge < -0.3 is 10.4 Å². The third-order valence-corrected chi connectivity index (χ3v) is 2.75. The molecule has 1 aliphatic rings. The van der Waals surface area contributed by atoms with Crippen LogP contribution < -0.4 is 10.6 Å². The van der Waals surface area contributed by atoms with E-state index in [-0.39, 0.29) is 6.04 Å². The fourth-order valence-corrected chi connectivity index (χ4v) is 1.90. The second-order valence-corrected chi connectivity index (χ2v) is 3.91. The van der Waals surface area contributed by atoms with Crippen LogP contribution in [-0.4, -0.2) is 35.2 Å². The quantitative estimate of drug-likeness (QED) is 0.675. The lowest BCUT2D eigenvalue weighted by atomic mass is 10.1. The Kier molecular flexibility index (Phi) is 3.48. The van der Waals surface area contributed by atoms with Crippen LogP contribution in [0, 0.1) is 0 Å². The van der Waals surface area contributed by atoms with Crippen molar-refractivity contribution in [2.24, 2.45) is 0 Å². The predicted octanol–water partition coefficient (Wildman–Crippen LogP) is 0.159. The number of rotatable bonds is 4. The van der Waals surface area contributed by atoms with Crippen molar-refractivity contribution in [3.05, 3.63) is 30.1 Å². The van der Waals surface area contributed by atoms with E-state index in [2.05, 4.69) is 15.6 Å². The van der Waals surface area contributed by atoms with Gasteiger partial charge in [-0.15, -0.1) is 0 Å². The van der Waals surface area contributed by atoms with E-state index in [9.17, 15) is 9.90 Å². The van der Waals surface area contributed by atoms with Gasteiger partial charge >= 0.3 is 5.97 Å². The van der Waals surface area contributed by atoms with Crippen LogP contribution in [0.4, 0.5) is 0 Å². The summed E-state index contributed by atoms with van der Waals surface area (Å²) in [6.07, 6.45) is 4.19. The van der Waals surface area contributed by atoms with Gasteiger partial charge in [-0.1, -0.05) is 0 Å². The van der Waals surface area contributed by atoms with Crippen molar-refractivity contribution < 1.29 is 9.90 Å². The van der Waals surface area contributed by atoms with E-state index < -0.39 is 12.0 Å². The van der Waals surface area contributed by atoms with Crippen molar-refractivity contribution in [3.63, 3.8) is 0 Å². The molecule has 0 aromatic carbocycles. The molecule has 3 N–H and O–H groups in total. The number of hydrogen-bond donors (Lipinski definition) is 3. The minimum atomic E-state index is -0.849. The Bertz CT molecular complexity index is 350. The minimum Gasteiger partial charge on any atom is -0.480 e. The number of aromatic nitrogens is 1. The normalized spacial score (nSPS) is 21.9. The third kappa shape index (κ3) is 2.56. The number of nitrogens with one attached hydrogen (secondary N) is 2. The van der Waals surface area contributed by atoms with Gasteiger partial charge in [-0.3, -0.25) is 15.1 Å². The summed E-state index contributed by atoms with van der Waals surface area (Å²) in [5, 5.41) is 15.5. The highest BCUT2D eigenvalue weighted by Crippen LogP contribution is 2.14. The van der Waals surface area contributed by atoms with Crippen molar-refractivity contribution >= 4 is 5.97 Å². The molecular formula is C11H15N3O2. The van der Waals surface area contributed by atoms with Crippen molar-refractivity contribution in [1.82, 2.24) is 15.6 Å². The number of carboxylic acid groups (broad SMARTS) is 1. The number of aliphatic carboxylic acids is 1. The van der Waals surface area contributed by atoms with Gasteiger partial charge in [-0.2, -0.15) is 0 Å². The van der Waals surface area contributed by atoms with Gasteiger partial charge in [0.15, 0.2) is 0 Å². The number of pyridine rings is 1. The summed E-state index contributed by atoms with van der Waals surface area (Å²) >= 11 is 0. The summed E-state index contributed by atoms with van der Waals surface area (Å²) < 4.78 is 0. The molecule has 0 amide bonds. The van der Waals surface area contributed by atoms with Gasteiger partial charge in [0.05, 0.1) is 0 Å². The Morgan fingerprint density at radius 1 is 1.56 bits per heavy atom. The van der Waals surface area contributed by atoms with Gasteiger partial charge in [0.2, 0.25) is 0 Å². The van der Waals surface area contributed by atoms with Gasteiger partial charge in [0.25, 0.3) is 0 Å². The maximum absolute atomic E-state index is 11.2. The lowest BCUT2D eigenvalue weighted by Crippen LogP contribution is -2.38. The Morgan fingerprint density at radius 3 is 2.88 bits per heavy atom. The molecule has 5 nitrogen and oxygen atoms in total. The summed E-state index contributed by atoms with van der Waals surface area (Å²) in [6.45, 7) is 1.77. The van der Waals surface area contributed by atoms with E-state index in [1.807, 2.05) is 0 Å². The Balaban J connectivity index is 2.08. The van der Waals surface area contributed by atoms with Gasteiger partial charge in [-0.25, -0.2) is 0 Å². The number of hydrogen-bond acceptors (Lipinski definition) is 4. The highest BCUT2D eigenvalue weighted by Gasteiger charge is 2.24. The highest BCUT2D eigenvalue weighted by atomic mass is 16.4. The standard InChI is InChI=1S/C11H15N3O2/c15-11(16)10(8-1-4-12-5-2-8)14-9-3-6-13-7-9/h1-2,4-5,9-10,13-14H,3,6-7H2,(H,15,16). The first-order valence-corrected chi connectivity index (χ1v) is 5.37. The molecule has 1 aliphatic heterocycles. The lowest BCUT2D eigenvalue weighted by Gasteiger charge is -2.19. The number of carboxylic acids is 1. The molecule has 0 saturated carbocycles. The molecule has 1 saturated heterocycles. The molecule has 86 valence electrons. The lowest BCUT2D eigenvalue weighted by molar-refractivity contribution is -0.139. The van der Waals surface area contributed by atoms with Crippen LogP contribution in [0.5, 0.6) is 0 Å². The maximum Gasteiger partial charge on any atom is 0.325 e. The van der Waals surface area contributed by atoms with E-state index >= 15 is 0 Å². The number of nitrogens with zero attached hydrogens (tertiary/aromatic N) is 1. The first kappa shape index (κ1) is 11.0. The molecule has 5 heteroatoms. The molecule has 0 bridgehead atoms. The van der Waals surface area contributed by atoms with Gasteiger partial charge in [0, 0.05) is 25.0 Å². The van der Waals surface area contributed by atoms with E-state index in [0.717, 1.165) is 25.1 Å². The first-order valence-electron chi connectivity index (χ1n) is 5.37. The zero-order chi connectivity index (χ0) is 11.4. The van der Waals surface area contributed by atoms with E-state index in [4.69, 9.17) is 0 Å². The molecule has 0 aliphatic carbocycles. The van der Waals surface area contributed by atoms with Crippen molar-refractivity contribution in [2.75, 3.05) is 13.1 Å². The topological polar surface area (TPSA) is 74.2 Å². The van der Waals surface area contributed by atoms with E-state index in [1.54, 1.807) is 24.5 Å². The van der Waals surface area contributed by atoms with Crippen molar-refractivity contribution in [3.8, 4) is 0 Å². The minimum absolute atomic E-state index is 0.231. The Hall–Kier alpha value is -1.46. The smallest absolute Gasteiger partial charge is 0.325 e. The molecule has 2 rings (SSSR count). The second-order valence-electron chi connectivity index (χ2n) is 3.91. The van der Waals surface area contributed by atoms with Crippen LogP contribution in [-0.2, 0) is 4.79 Å². The first-order chi connectivity index (χ1) is 7.77. The molecule has 2 heterocycles. The SMILES string of the molecule is O=C(O)C(NC1CCNC1)c1ccncc1. The molecule has 0 spiro atoms. The largest absolute Gasteiger partial charge is 0.480 e. The summed E-state index contributed by atoms with van der Waals surface area (Å²) in [6, 6.07) is 3.05. The fourth-order valence-electron chi connectivity index (χ4n) is 1.90. The predicted molar refractivity (Wildman–Crippen MR) is 59.0 cm³/mol. The molecule has 2 atom stereocenters. The van der Waals surface area contributed by atoms with Crippen molar-refractivity contribution in [2.45, 2.75) is 18.5 Å². The van der Waals surface area contributed by atoms with Crippen molar-refractivity contribution in [1.29, 1.82) is 0 Å². The second kappa shape index (κ2) is 5.05. The summed E-state index contributed by atoms with van der Waals surface area (Å²) in [5.74, 6) is -0.849. The summed E-state index contributed by atoms with van der Waals surface area (Å²) in [7, 11) is 0. The molecular weight excluding hydrogens is 206 g/mol. The van der Waals surface area contributed by atoms with Crippen LogP contribution in [0.1, 0.15) is 18.0 Å². The monoisotopic (exact) mass is 221 g/mol. The average molecular weight is 221 g/mol. The van der Waals surface area contributed by atoms with Crippen LogP contribution in [0.3, 0.4) is 0 Å². The molecule has 1 aromatic heterocycles. The highest BCUT2D eigenvalue weighted by molar-refractivity contribution is 5.75. The molecule has 1 aromatic rings. The van der Waals surface area contributed by atoms with Crippen LogP contribution in [0.25, 0.3) is 0 Å². The average Bonchev–Trinajstić information content (AvgIpc) is 2.79. The molecule has 0 radical (unpaired) electrons.